The third-order valence-corrected chi connectivity index (χ3v) is 7.00. The van der Waals surface area contributed by atoms with Crippen LogP contribution in [0.15, 0.2) is 59.5 Å². The second-order valence-electron chi connectivity index (χ2n) is 7.71. The largest absolute Gasteiger partial charge is 0.494 e. The SMILES string of the molecule is CCOc1ccc(S(=O)(=O)N[C@@H](C)C(=O)N2CCC(Cc3ccccc3)CC2)cc1. The van der Waals surface area contributed by atoms with Gasteiger partial charge in [0.05, 0.1) is 17.5 Å². The number of piperidine rings is 1. The Morgan fingerprint density at radius 2 is 1.73 bits per heavy atom. The van der Waals surface area contributed by atoms with E-state index in [1.807, 2.05) is 25.1 Å². The molecule has 0 aliphatic carbocycles. The lowest BCUT2D eigenvalue weighted by Gasteiger charge is -2.33. The highest BCUT2D eigenvalue weighted by atomic mass is 32.2. The van der Waals surface area contributed by atoms with Crippen molar-refractivity contribution in [1.29, 1.82) is 0 Å². The summed E-state index contributed by atoms with van der Waals surface area (Å²) in [5.74, 6) is 0.980. The van der Waals surface area contributed by atoms with E-state index < -0.39 is 16.1 Å². The van der Waals surface area contributed by atoms with Crippen LogP contribution in [-0.4, -0.2) is 45.0 Å². The molecule has 1 heterocycles. The Bertz CT molecular complexity index is 921. The summed E-state index contributed by atoms with van der Waals surface area (Å²) in [7, 11) is -3.78. The highest BCUT2D eigenvalue weighted by molar-refractivity contribution is 7.89. The maximum atomic E-state index is 12.8. The van der Waals surface area contributed by atoms with E-state index in [9.17, 15) is 13.2 Å². The van der Waals surface area contributed by atoms with Crippen LogP contribution in [-0.2, 0) is 21.2 Å². The first-order chi connectivity index (χ1) is 14.4. The number of hydrogen-bond donors (Lipinski definition) is 1. The van der Waals surface area contributed by atoms with E-state index in [0.29, 0.717) is 31.4 Å². The fourth-order valence-electron chi connectivity index (χ4n) is 3.81. The summed E-state index contributed by atoms with van der Waals surface area (Å²) in [6.07, 6.45) is 2.88. The molecule has 1 amide bonds. The fourth-order valence-corrected chi connectivity index (χ4v) is 5.01. The Morgan fingerprint density at radius 1 is 1.10 bits per heavy atom. The van der Waals surface area contributed by atoms with Gasteiger partial charge in [0.25, 0.3) is 0 Å². The lowest BCUT2D eigenvalue weighted by molar-refractivity contribution is -0.133. The Kier molecular flexibility index (Phi) is 7.50. The zero-order valence-electron chi connectivity index (χ0n) is 17.6. The van der Waals surface area contributed by atoms with Crippen molar-refractivity contribution in [2.24, 2.45) is 5.92 Å². The number of sulfonamides is 1. The number of benzene rings is 2. The minimum atomic E-state index is -3.78. The van der Waals surface area contributed by atoms with Gasteiger partial charge < -0.3 is 9.64 Å². The standard InChI is InChI=1S/C23H30N2O4S/c1-3-29-21-9-11-22(12-10-21)30(27,28)24-18(2)23(26)25-15-13-20(14-16-25)17-19-7-5-4-6-8-19/h4-12,18,20,24H,3,13-17H2,1-2H3/t18-/m0/s1. The van der Waals surface area contributed by atoms with E-state index in [4.69, 9.17) is 4.74 Å². The van der Waals surface area contributed by atoms with Gasteiger partial charge in [0.1, 0.15) is 5.75 Å². The minimum absolute atomic E-state index is 0.118. The number of nitrogens with one attached hydrogen (secondary N) is 1. The number of hydrogen-bond acceptors (Lipinski definition) is 4. The number of carbonyl (C=O) groups is 1. The van der Waals surface area contributed by atoms with Crippen molar-refractivity contribution in [1.82, 2.24) is 9.62 Å². The lowest BCUT2D eigenvalue weighted by atomic mass is 9.90. The van der Waals surface area contributed by atoms with Crippen LogP contribution in [0.2, 0.25) is 0 Å². The predicted octanol–water partition coefficient (Wildman–Crippen LogP) is 3.23. The molecule has 162 valence electrons. The number of amides is 1. The maximum Gasteiger partial charge on any atom is 0.241 e. The molecule has 0 bridgehead atoms. The van der Waals surface area contributed by atoms with Crippen LogP contribution in [0.3, 0.4) is 0 Å². The smallest absolute Gasteiger partial charge is 0.241 e. The zero-order chi connectivity index (χ0) is 21.6. The lowest BCUT2D eigenvalue weighted by Crippen LogP contribution is -2.49. The van der Waals surface area contributed by atoms with Crippen molar-refractivity contribution in [3.63, 3.8) is 0 Å². The first-order valence-electron chi connectivity index (χ1n) is 10.5. The summed E-state index contributed by atoms with van der Waals surface area (Å²) < 4.78 is 33.1. The Morgan fingerprint density at radius 3 is 2.33 bits per heavy atom. The quantitative estimate of drug-likeness (QED) is 0.698. The van der Waals surface area contributed by atoms with Crippen LogP contribution in [0.5, 0.6) is 5.75 Å². The van der Waals surface area contributed by atoms with E-state index in [-0.39, 0.29) is 10.8 Å². The molecule has 30 heavy (non-hydrogen) atoms. The van der Waals surface area contributed by atoms with Gasteiger partial charge in [0.15, 0.2) is 0 Å². The molecule has 7 heteroatoms. The molecular formula is C23H30N2O4S. The van der Waals surface area contributed by atoms with Gasteiger partial charge in [-0.05, 0) is 68.9 Å². The minimum Gasteiger partial charge on any atom is -0.494 e. The van der Waals surface area contributed by atoms with Crippen molar-refractivity contribution < 1.29 is 17.9 Å². The third-order valence-electron chi connectivity index (χ3n) is 5.44. The molecule has 1 fully saturated rings. The van der Waals surface area contributed by atoms with Gasteiger partial charge in [-0.1, -0.05) is 30.3 Å². The summed E-state index contributed by atoms with van der Waals surface area (Å²) in [5, 5.41) is 0. The molecule has 0 aromatic heterocycles. The van der Waals surface area contributed by atoms with Gasteiger partial charge in [-0.15, -0.1) is 0 Å². The highest BCUT2D eigenvalue weighted by Crippen LogP contribution is 2.22. The number of ether oxygens (including phenoxy) is 1. The monoisotopic (exact) mass is 430 g/mol. The molecule has 1 saturated heterocycles. The topological polar surface area (TPSA) is 75.7 Å². The van der Waals surface area contributed by atoms with Gasteiger partial charge in [-0.2, -0.15) is 4.72 Å². The Balaban J connectivity index is 1.53. The first-order valence-corrected chi connectivity index (χ1v) is 11.9. The molecule has 1 aliphatic heterocycles. The van der Waals surface area contributed by atoms with E-state index in [0.717, 1.165) is 19.3 Å². The molecule has 6 nitrogen and oxygen atoms in total. The Labute approximate surface area is 179 Å². The van der Waals surface area contributed by atoms with E-state index >= 15 is 0 Å². The molecule has 1 atom stereocenters. The normalized spacial score (nSPS) is 16.3. The van der Waals surface area contributed by atoms with Crippen molar-refractivity contribution in [3.05, 3.63) is 60.2 Å². The van der Waals surface area contributed by atoms with Crippen LogP contribution in [0, 0.1) is 5.92 Å². The predicted molar refractivity (Wildman–Crippen MR) is 117 cm³/mol. The van der Waals surface area contributed by atoms with Gasteiger partial charge in [-0.3, -0.25) is 4.79 Å². The number of rotatable bonds is 8. The average molecular weight is 431 g/mol. The number of likely N-dealkylation sites (tertiary alicyclic amines) is 1. The molecule has 1 aliphatic rings. The molecule has 0 radical (unpaired) electrons. The summed E-state index contributed by atoms with van der Waals surface area (Å²) in [5.41, 5.74) is 1.32. The molecule has 0 spiro atoms. The van der Waals surface area contributed by atoms with Crippen molar-refractivity contribution >= 4 is 15.9 Å². The first kappa shape index (κ1) is 22.3. The van der Waals surface area contributed by atoms with Crippen LogP contribution in [0.4, 0.5) is 0 Å². The summed E-state index contributed by atoms with van der Waals surface area (Å²) in [4.78, 5) is 14.7. The second kappa shape index (κ2) is 10.1. The van der Waals surface area contributed by atoms with Crippen molar-refractivity contribution in [2.75, 3.05) is 19.7 Å². The van der Waals surface area contributed by atoms with E-state index in [1.165, 1.54) is 17.7 Å². The molecular weight excluding hydrogens is 400 g/mol. The molecule has 0 unspecified atom stereocenters. The van der Waals surface area contributed by atoms with E-state index in [1.54, 1.807) is 24.0 Å². The summed E-state index contributed by atoms with van der Waals surface area (Å²) in [6, 6.07) is 15.8. The van der Waals surface area contributed by atoms with Gasteiger partial charge >= 0.3 is 0 Å². The van der Waals surface area contributed by atoms with Crippen molar-refractivity contribution in [2.45, 2.75) is 44.0 Å². The van der Waals surface area contributed by atoms with E-state index in [2.05, 4.69) is 16.9 Å². The maximum absolute atomic E-state index is 12.8. The summed E-state index contributed by atoms with van der Waals surface area (Å²) >= 11 is 0. The summed E-state index contributed by atoms with van der Waals surface area (Å²) in [6.45, 7) is 5.29. The Hall–Kier alpha value is -2.38. The molecule has 3 rings (SSSR count). The number of nitrogens with zero attached hydrogens (tertiary/aromatic N) is 1. The van der Waals surface area contributed by atoms with Crippen LogP contribution < -0.4 is 9.46 Å². The molecule has 2 aromatic rings. The molecule has 1 N–H and O–H groups in total. The van der Waals surface area contributed by atoms with Crippen LogP contribution >= 0.6 is 0 Å². The molecule has 0 saturated carbocycles. The highest BCUT2D eigenvalue weighted by Gasteiger charge is 2.29. The van der Waals surface area contributed by atoms with Gasteiger partial charge in [0.2, 0.25) is 15.9 Å². The van der Waals surface area contributed by atoms with Gasteiger partial charge in [-0.25, -0.2) is 8.42 Å². The van der Waals surface area contributed by atoms with Crippen LogP contribution in [0.1, 0.15) is 32.3 Å². The van der Waals surface area contributed by atoms with Gasteiger partial charge in [0, 0.05) is 13.1 Å². The molecule has 2 aromatic carbocycles. The number of carbonyl (C=O) groups excluding carboxylic acids is 1. The van der Waals surface area contributed by atoms with Crippen molar-refractivity contribution in [3.8, 4) is 5.75 Å². The average Bonchev–Trinajstić information content (AvgIpc) is 2.75. The van der Waals surface area contributed by atoms with Crippen LogP contribution in [0.25, 0.3) is 0 Å². The zero-order valence-corrected chi connectivity index (χ0v) is 18.4. The third kappa shape index (κ3) is 5.83. The second-order valence-corrected chi connectivity index (χ2v) is 9.42. The fraction of sp³-hybridized carbons (Fsp3) is 0.435.